The van der Waals surface area contributed by atoms with Gasteiger partial charge >= 0.3 is 5.51 Å². The molecule has 0 saturated heterocycles. The number of hydrogen-bond acceptors (Lipinski definition) is 7. The van der Waals surface area contributed by atoms with Crippen LogP contribution in [0.1, 0.15) is 37.1 Å². The Morgan fingerprint density at radius 3 is 1.26 bits per heavy atom. The van der Waals surface area contributed by atoms with E-state index in [0.29, 0.717) is 0 Å². The molecule has 0 aromatic carbocycles. The number of aliphatic imine (C=N–C) groups is 2. The standard InChI is InChI=1S/C18H20N4.CH3F3O3S.6CH3.2Pt/c1-2-10-18(22-14-16-8-4-6-12-20-16)17(9-1)21-13-15-7-3-5-11-19-15;2-1(3,4)8(5,6)7;;;;;;;;/h3-8,11-14,17-18H,1-2,9-10H2;5-7H;6*1H3;;/q;;6*-1;;. The quantitative estimate of drug-likeness (QED) is 0.215. The van der Waals surface area contributed by atoms with Gasteiger partial charge in [-0.05, 0) is 37.1 Å². The van der Waals surface area contributed by atoms with Crippen LogP contribution in [0.4, 0.5) is 13.2 Å². The second kappa shape index (κ2) is 26.3. The smallest absolute Gasteiger partial charge is 0.358 e. The van der Waals surface area contributed by atoms with Gasteiger partial charge in [-0.1, -0.05) is 25.0 Å². The van der Waals surface area contributed by atoms with E-state index in [2.05, 4.69) is 9.97 Å². The van der Waals surface area contributed by atoms with Gasteiger partial charge in [-0.25, -0.2) is 0 Å². The first kappa shape index (κ1) is 53.3. The molecule has 2 unspecified atom stereocenters. The van der Waals surface area contributed by atoms with E-state index >= 15 is 0 Å². The van der Waals surface area contributed by atoms with Gasteiger partial charge in [-0.3, -0.25) is 20.0 Å². The van der Waals surface area contributed by atoms with Crippen molar-refractivity contribution < 1.29 is 69.0 Å². The molecule has 2 aromatic rings. The molecule has 1 fully saturated rings. The Hall–Kier alpha value is -0.963. The maximum atomic E-state index is 10.8. The summed E-state index contributed by atoms with van der Waals surface area (Å²) in [5.41, 5.74) is -3.51. The minimum atomic E-state index is -5.34. The molecule has 0 radical (unpaired) electrons. The van der Waals surface area contributed by atoms with E-state index in [-0.39, 0.29) is 98.8 Å². The first-order chi connectivity index (χ1) is 14.2. The van der Waals surface area contributed by atoms with E-state index in [1.807, 2.05) is 48.8 Å². The van der Waals surface area contributed by atoms with E-state index in [0.717, 1.165) is 24.2 Å². The summed E-state index contributed by atoms with van der Waals surface area (Å²) in [5.74, 6) is 0. The molecule has 0 aliphatic heterocycles. The normalized spacial score (nSPS) is 16.4. The van der Waals surface area contributed by atoms with Crippen LogP contribution in [0, 0.1) is 44.6 Å². The Morgan fingerprint density at radius 1 is 0.711 bits per heavy atom. The van der Waals surface area contributed by atoms with Gasteiger partial charge in [-0.2, -0.15) is 13.2 Å². The van der Waals surface area contributed by atoms with Crippen LogP contribution < -0.4 is 0 Å². The Labute approximate surface area is 259 Å². The van der Waals surface area contributed by atoms with Crippen molar-refractivity contribution in [2.24, 2.45) is 9.98 Å². The zero-order valence-corrected chi connectivity index (χ0v) is 27.9. The van der Waals surface area contributed by atoms with Crippen LogP contribution in [0.15, 0.2) is 58.8 Å². The fraction of sp³-hybridized carbons (Fsp3) is 0.280. The number of halogens is 3. The van der Waals surface area contributed by atoms with Crippen LogP contribution in [0.2, 0.25) is 0 Å². The number of nitrogens with zero attached hydrogens (tertiary/aromatic N) is 4. The summed E-state index contributed by atoms with van der Waals surface area (Å²) in [5, 5.41) is 0. The fourth-order valence-corrected chi connectivity index (χ4v) is 2.69. The van der Waals surface area contributed by atoms with E-state index in [1.54, 1.807) is 12.4 Å². The predicted octanol–water partition coefficient (Wildman–Crippen LogP) is 7.75. The summed E-state index contributed by atoms with van der Waals surface area (Å²) in [6.45, 7) is 0. The summed E-state index contributed by atoms with van der Waals surface area (Å²) in [7, 11) is -5.34. The first-order valence-electron chi connectivity index (χ1n) is 9.12. The second-order valence-corrected chi connectivity index (χ2v) is 7.95. The Balaban J connectivity index is -0.000000107. The van der Waals surface area contributed by atoms with Crippen molar-refractivity contribution in [1.29, 1.82) is 0 Å². The molecule has 2 aromatic heterocycles. The van der Waals surface area contributed by atoms with Crippen LogP contribution >= 0.6 is 10.9 Å². The van der Waals surface area contributed by atoms with Gasteiger partial charge < -0.3 is 58.2 Å². The molecule has 38 heavy (non-hydrogen) atoms. The van der Waals surface area contributed by atoms with Gasteiger partial charge in [-0.15, -0.1) is 0 Å². The van der Waals surface area contributed by atoms with Gasteiger partial charge in [0.1, 0.15) is 0 Å². The Kier molecular flexibility index (Phi) is 36.9. The molecule has 7 nitrogen and oxygen atoms in total. The maximum absolute atomic E-state index is 10.8. The average molecular weight is 925 g/mol. The molecule has 3 rings (SSSR count). The number of alkyl halides is 3. The molecule has 13 heteroatoms. The zero-order valence-electron chi connectivity index (χ0n) is 22.6. The van der Waals surface area contributed by atoms with Crippen LogP contribution in [0.25, 0.3) is 0 Å². The van der Waals surface area contributed by atoms with Gasteiger partial charge in [0.25, 0.3) is 0 Å². The van der Waals surface area contributed by atoms with Crippen molar-refractivity contribution in [2.45, 2.75) is 43.3 Å². The maximum Gasteiger partial charge on any atom is 0.493 e. The van der Waals surface area contributed by atoms with Gasteiger partial charge in [0.15, 0.2) is 10.9 Å². The van der Waals surface area contributed by atoms with Gasteiger partial charge in [0.2, 0.25) is 0 Å². The second-order valence-electron chi connectivity index (χ2n) is 6.45. The number of hydrogen-bond donors (Lipinski definition) is 3. The van der Waals surface area contributed by atoms with E-state index < -0.39 is 16.4 Å². The molecule has 1 aliphatic carbocycles. The molecule has 0 spiro atoms. The topological polar surface area (TPSA) is 111 Å². The number of aromatic nitrogens is 2. The minimum Gasteiger partial charge on any atom is -0.358 e. The fourth-order valence-electron chi connectivity index (χ4n) is 2.69. The Morgan fingerprint density at radius 2 is 1.03 bits per heavy atom. The number of rotatable bonds is 4. The molecule has 0 amide bonds. The summed E-state index contributed by atoms with van der Waals surface area (Å²) >= 11 is 0. The van der Waals surface area contributed by atoms with Crippen molar-refractivity contribution in [2.75, 3.05) is 0 Å². The van der Waals surface area contributed by atoms with Crippen LogP contribution in [-0.2, 0) is 42.1 Å². The van der Waals surface area contributed by atoms with E-state index in [4.69, 9.17) is 23.6 Å². The van der Waals surface area contributed by atoms with Gasteiger partial charge in [0, 0.05) is 67.0 Å². The molecule has 1 aliphatic rings. The molecule has 2 atom stereocenters. The third-order valence-electron chi connectivity index (χ3n) is 4.18. The van der Waals surface area contributed by atoms with Crippen LogP contribution in [0.5, 0.6) is 0 Å². The summed E-state index contributed by atoms with van der Waals surface area (Å²) in [4.78, 5) is 18.0. The van der Waals surface area contributed by atoms with Gasteiger partial charge in [0.05, 0.1) is 23.5 Å². The third-order valence-corrected chi connectivity index (χ3v) is 4.80. The summed E-state index contributed by atoms with van der Waals surface area (Å²) in [6.07, 6.45) is 12.0. The van der Waals surface area contributed by atoms with E-state index in [9.17, 15) is 13.2 Å². The van der Waals surface area contributed by atoms with Crippen molar-refractivity contribution >= 4 is 23.3 Å². The molecule has 1 saturated carbocycles. The SMILES string of the molecule is C(=NC1CCCCC1N=Cc1ccccn1)c1ccccn1.OS(O)(O)C(F)(F)F.[CH3-].[CH3-].[CH3-].[CH3-].[CH3-].[CH3-].[Pt].[Pt]. The van der Waals surface area contributed by atoms with Crippen molar-refractivity contribution in [3.63, 3.8) is 0 Å². The number of pyridine rings is 2. The van der Waals surface area contributed by atoms with Crippen LogP contribution in [-0.4, -0.2) is 53.6 Å². The Bertz CT molecular complexity index is 761. The average Bonchev–Trinajstić information content (AvgIpc) is 2.72. The third kappa shape index (κ3) is 20.0. The molecular weight excluding hydrogens is 884 g/mol. The summed E-state index contributed by atoms with van der Waals surface area (Å²) in [6, 6.07) is 12.2. The van der Waals surface area contributed by atoms with Crippen molar-refractivity contribution in [1.82, 2.24) is 9.97 Å². The first-order valence-corrected chi connectivity index (χ1v) is 10.6. The molecule has 2 heterocycles. The van der Waals surface area contributed by atoms with Crippen molar-refractivity contribution in [3.8, 4) is 0 Å². The molecule has 232 valence electrons. The monoisotopic (exact) mass is 924 g/mol. The van der Waals surface area contributed by atoms with Crippen LogP contribution in [0.3, 0.4) is 0 Å². The molecular formula is C25H41F3N4O3Pt2S-6. The molecule has 3 N–H and O–H groups in total. The largest absolute Gasteiger partial charge is 0.493 e. The zero-order chi connectivity index (χ0) is 22.0. The van der Waals surface area contributed by atoms with E-state index in [1.165, 1.54) is 12.8 Å². The summed E-state index contributed by atoms with van der Waals surface area (Å²) < 4.78 is 54.8. The predicted molar refractivity (Wildman–Crippen MR) is 150 cm³/mol. The van der Waals surface area contributed by atoms with Crippen molar-refractivity contribution in [3.05, 3.63) is 105 Å². The minimum absolute atomic E-state index is 0. The molecule has 0 bridgehead atoms.